The summed E-state index contributed by atoms with van der Waals surface area (Å²) in [5.41, 5.74) is 4.76. The summed E-state index contributed by atoms with van der Waals surface area (Å²) in [5.74, 6) is 3.01. The van der Waals surface area contributed by atoms with Crippen molar-refractivity contribution in [2.45, 2.75) is 20.8 Å². The Kier molecular flexibility index (Phi) is 4.99. The average molecular weight is 385 g/mol. The fourth-order valence-electron chi connectivity index (χ4n) is 3.22. The van der Waals surface area contributed by atoms with Crippen molar-refractivity contribution in [3.05, 3.63) is 77.7 Å². The van der Waals surface area contributed by atoms with Crippen molar-refractivity contribution >= 4 is 11.5 Å². The van der Waals surface area contributed by atoms with Gasteiger partial charge in [-0.3, -0.25) is 4.68 Å². The molecule has 0 aliphatic rings. The number of aryl methyl sites for hydroxylation is 3. The van der Waals surface area contributed by atoms with E-state index in [0.29, 0.717) is 5.82 Å². The minimum Gasteiger partial charge on any atom is -0.457 e. The number of anilines is 2. The first-order chi connectivity index (χ1) is 14.0. The molecule has 1 N–H and O–H groups in total. The molecule has 0 saturated heterocycles. The van der Waals surface area contributed by atoms with Crippen LogP contribution in [0.5, 0.6) is 11.5 Å². The van der Waals surface area contributed by atoms with Gasteiger partial charge in [-0.25, -0.2) is 9.97 Å². The van der Waals surface area contributed by atoms with Crippen LogP contribution in [-0.2, 0) is 7.05 Å². The summed E-state index contributed by atoms with van der Waals surface area (Å²) in [6.45, 7) is 5.97. The van der Waals surface area contributed by atoms with E-state index in [4.69, 9.17) is 9.72 Å². The SMILES string of the molecule is Cc1cc(Nc2ccc(Oc3ccccc3)cc2)nc(-c2c(C)nn(C)c2C)n1. The molecule has 0 amide bonds. The topological polar surface area (TPSA) is 64.9 Å². The first-order valence-corrected chi connectivity index (χ1v) is 9.46. The Hall–Kier alpha value is -3.67. The highest BCUT2D eigenvalue weighted by molar-refractivity contribution is 5.65. The fourth-order valence-corrected chi connectivity index (χ4v) is 3.22. The number of hydrogen-bond acceptors (Lipinski definition) is 5. The Balaban J connectivity index is 1.56. The van der Waals surface area contributed by atoms with Gasteiger partial charge in [0.2, 0.25) is 0 Å². The van der Waals surface area contributed by atoms with Gasteiger partial charge in [-0.1, -0.05) is 18.2 Å². The van der Waals surface area contributed by atoms with Gasteiger partial charge in [-0.2, -0.15) is 5.10 Å². The van der Waals surface area contributed by atoms with Gasteiger partial charge in [0.25, 0.3) is 0 Å². The molecule has 0 saturated carbocycles. The summed E-state index contributed by atoms with van der Waals surface area (Å²) in [7, 11) is 1.93. The maximum absolute atomic E-state index is 5.85. The van der Waals surface area contributed by atoms with Gasteiger partial charge < -0.3 is 10.1 Å². The second-order valence-corrected chi connectivity index (χ2v) is 6.95. The highest BCUT2D eigenvalue weighted by Gasteiger charge is 2.15. The number of para-hydroxylation sites is 1. The van der Waals surface area contributed by atoms with Crippen LogP contribution in [0.25, 0.3) is 11.4 Å². The molecule has 4 aromatic rings. The maximum Gasteiger partial charge on any atom is 0.165 e. The molecule has 146 valence electrons. The van der Waals surface area contributed by atoms with Crippen molar-refractivity contribution in [1.82, 2.24) is 19.7 Å². The number of rotatable bonds is 5. The molecular formula is C23H23N5O. The van der Waals surface area contributed by atoms with E-state index >= 15 is 0 Å². The number of nitrogens with zero attached hydrogens (tertiary/aromatic N) is 4. The van der Waals surface area contributed by atoms with Crippen LogP contribution in [0.2, 0.25) is 0 Å². The van der Waals surface area contributed by atoms with Crippen LogP contribution in [0.15, 0.2) is 60.7 Å². The zero-order valence-corrected chi connectivity index (χ0v) is 17.0. The molecule has 2 aromatic carbocycles. The first kappa shape index (κ1) is 18.7. The third-order valence-electron chi connectivity index (χ3n) is 4.69. The molecule has 0 spiro atoms. The Labute approximate surface area is 170 Å². The number of benzene rings is 2. The van der Waals surface area contributed by atoms with Gasteiger partial charge in [0.15, 0.2) is 5.82 Å². The molecule has 4 rings (SSSR count). The van der Waals surface area contributed by atoms with Crippen molar-refractivity contribution in [2.75, 3.05) is 5.32 Å². The van der Waals surface area contributed by atoms with E-state index < -0.39 is 0 Å². The third-order valence-corrected chi connectivity index (χ3v) is 4.69. The van der Waals surface area contributed by atoms with E-state index in [1.54, 1.807) is 0 Å². The third kappa shape index (κ3) is 4.11. The molecule has 6 heteroatoms. The van der Waals surface area contributed by atoms with Gasteiger partial charge >= 0.3 is 0 Å². The van der Waals surface area contributed by atoms with Crippen molar-refractivity contribution in [3.8, 4) is 22.9 Å². The lowest BCUT2D eigenvalue weighted by Gasteiger charge is -2.10. The normalized spacial score (nSPS) is 10.8. The van der Waals surface area contributed by atoms with Crippen LogP contribution in [0.1, 0.15) is 17.1 Å². The van der Waals surface area contributed by atoms with Gasteiger partial charge in [0, 0.05) is 30.2 Å². The van der Waals surface area contributed by atoms with Crippen molar-refractivity contribution in [3.63, 3.8) is 0 Å². The van der Waals surface area contributed by atoms with Crippen LogP contribution < -0.4 is 10.1 Å². The lowest BCUT2D eigenvalue weighted by atomic mass is 10.2. The zero-order valence-electron chi connectivity index (χ0n) is 17.0. The predicted octanol–water partition coefficient (Wildman–Crippen LogP) is 5.34. The molecule has 0 aliphatic carbocycles. The molecular weight excluding hydrogens is 362 g/mol. The van der Waals surface area contributed by atoms with E-state index in [2.05, 4.69) is 15.4 Å². The van der Waals surface area contributed by atoms with Gasteiger partial charge in [-0.05, 0) is 57.2 Å². The summed E-state index contributed by atoms with van der Waals surface area (Å²) in [6, 6.07) is 19.5. The van der Waals surface area contributed by atoms with E-state index in [1.807, 2.05) is 93.2 Å². The van der Waals surface area contributed by atoms with Crippen molar-refractivity contribution in [1.29, 1.82) is 0 Å². The van der Waals surface area contributed by atoms with E-state index in [-0.39, 0.29) is 0 Å². The molecule has 0 aliphatic heterocycles. The number of hydrogen-bond donors (Lipinski definition) is 1. The van der Waals surface area contributed by atoms with Gasteiger partial charge in [-0.15, -0.1) is 0 Å². The molecule has 0 radical (unpaired) electrons. The molecule has 0 bridgehead atoms. The number of ether oxygens (including phenoxy) is 1. The Morgan fingerprint density at radius 3 is 2.21 bits per heavy atom. The number of nitrogens with one attached hydrogen (secondary N) is 1. The highest BCUT2D eigenvalue weighted by atomic mass is 16.5. The second-order valence-electron chi connectivity index (χ2n) is 6.95. The molecule has 2 heterocycles. The van der Waals surface area contributed by atoms with Crippen molar-refractivity contribution < 1.29 is 4.74 Å². The first-order valence-electron chi connectivity index (χ1n) is 9.46. The predicted molar refractivity (Wildman–Crippen MR) is 115 cm³/mol. The van der Waals surface area contributed by atoms with Crippen LogP contribution in [0, 0.1) is 20.8 Å². The average Bonchev–Trinajstić information content (AvgIpc) is 2.95. The zero-order chi connectivity index (χ0) is 20.4. The Morgan fingerprint density at radius 2 is 1.55 bits per heavy atom. The molecule has 2 aromatic heterocycles. The smallest absolute Gasteiger partial charge is 0.165 e. The lowest BCUT2D eigenvalue weighted by molar-refractivity contribution is 0.483. The standard InChI is InChI=1S/C23H23N5O/c1-15-14-21(26-23(24-15)22-16(2)27-28(4)17(22)3)25-18-10-12-20(13-11-18)29-19-8-6-5-7-9-19/h5-14H,1-4H3,(H,24,25,26). The lowest BCUT2D eigenvalue weighted by Crippen LogP contribution is -2.00. The minimum atomic E-state index is 0.680. The molecule has 6 nitrogen and oxygen atoms in total. The Morgan fingerprint density at radius 1 is 0.862 bits per heavy atom. The fraction of sp³-hybridized carbons (Fsp3) is 0.174. The van der Waals surface area contributed by atoms with Crippen LogP contribution in [0.3, 0.4) is 0 Å². The Bertz CT molecular complexity index is 1130. The van der Waals surface area contributed by atoms with E-state index in [9.17, 15) is 0 Å². The van der Waals surface area contributed by atoms with E-state index in [1.165, 1.54) is 0 Å². The van der Waals surface area contributed by atoms with Crippen LogP contribution in [-0.4, -0.2) is 19.7 Å². The monoisotopic (exact) mass is 385 g/mol. The minimum absolute atomic E-state index is 0.680. The summed E-state index contributed by atoms with van der Waals surface area (Å²) in [6.07, 6.45) is 0. The summed E-state index contributed by atoms with van der Waals surface area (Å²) < 4.78 is 7.70. The van der Waals surface area contributed by atoms with Gasteiger partial charge in [0.1, 0.15) is 17.3 Å². The molecule has 0 unspecified atom stereocenters. The second kappa shape index (κ2) is 7.75. The highest BCUT2D eigenvalue weighted by Crippen LogP contribution is 2.27. The van der Waals surface area contributed by atoms with Crippen LogP contribution in [0.4, 0.5) is 11.5 Å². The maximum atomic E-state index is 5.85. The number of aromatic nitrogens is 4. The van der Waals surface area contributed by atoms with Gasteiger partial charge in [0.05, 0.1) is 11.3 Å². The largest absolute Gasteiger partial charge is 0.457 e. The summed E-state index contributed by atoms with van der Waals surface area (Å²) in [4.78, 5) is 9.33. The van der Waals surface area contributed by atoms with Crippen LogP contribution >= 0.6 is 0 Å². The molecule has 0 fully saturated rings. The summed E-state index contributed by atoms with van der Waals surface area (Å²) >= 11 is 0. The van der Waals surface area contributed by atoms with E-state index in [0.717, 1.165) is 45.6 Å². The molecule has 29 heavy (non-hydrogen) atoms. The quantitative estimate of drug-likeness (QED) is 0.502. The summed E-state index contributed by atoms with van der Waals surface area (Å²) in [5, 5.41) is 7.83. The van der Waals surface area contributed by atoms with Crippen molar-refractivity contribution in [2.24, 2.45) is 7.05 Å². The molecule has 0 atom stereocenters.